The maximum atomic E-state index is 14.4. The Labute approximate surface area is 276 Å². The summed E-state index contributed by atoms with van der Waals surface area (Å²) in [6, 6.07) is 29.9. The molecule has 0 bridgehead atoms. The molecule has 4 aromatic carbocycles. The molecule has 0 fully saturated rings. The molecule has 47 heavy (non-hydrogen) atoms. The Kier molecular flexibility index (Phi) is 8.12. The van der Waals surface area contributed by atoms with Crippen molar-refractivity contribution in [1.29, 1.82) is 0 Å². The van der Waals surface area contributed by atoms with Crippen LogP contribution >= 0.6 is 11.3 Å². The monoisotopic (exact) mass is 641 g/mol. The molecule has 0 saturated heterocycles. The van der Waals surface area contributed by atoms with Gasteiger partial charge in [-0.1, -0.05) is 90.2 Å². The Morgan fingerprint density at radius 3 is 2.49 bits per heavy atom. The van der Waals surface area contributed by atoms with E-state index >= 15 is 0 Å². The van der Waals surface area contributed by atoms with Crippen molar-refractivity contribution < 1.29 is 14.3 Å². The van der Waals surface area contributed by atoms with Crippen LogP contribution < -0.4 is 19.6 Å². The molecule has 0 radical (unpaired) electrons. The van der Waals surface area contributed by atoms with E-state index in [-0.39, 0.29) is 18.3 Å². The highest BCUT2D eigenvalue weighted by Crippen LogP contribution is 2.36. The van der Waals surface area contributed by atoms with Crippen molar-refractivity contribution in [2.45, 2.75) is 46.4 Å². The van der Waals surface area contributed by atoms with E-state index in [9.17, 15) is 9.59 Å². The molecule has 0 spiro atoms. The topological polar surface area (TPSA) is 74.8 Å². The smallest absolute Gasteiger partial charge is 0.338 e. The SMILES string of the molecule is CCOC(=O)C1=C(C)N=c2s/c(=C\c3cn(Cc4cccc5ccccc45)c4ccccc34)c(=O)n2[C@H]1c1ccccc1OC(C)C. The first-order valence-electron chi connectivity index (χ1n) is 15.8. The molecule has 0 saturated carbocycles. The van der Waals surface area contributed by atoms with E-state index in [4.69, 9.17) is 14.5 Å². The van der Waals surface area contributed by atoms with Gasteiger partial charge in [0, 0.05) is 34.8 Å². The molecule has 3 heterocycles. The Morgan fingerprint density at radius 2 is 1.68 bits per heavy atom. The largest absolute Gasteiger partial charge is 0.491 e. The summed E-state index contributed by atoms with van der Waals surface area (Å²) in [6.45, 7) is 8.36. The molecule has 0 amide bonds. The molecule has 0 aliphatic carbocycles. The van der Waals surface area contributed by atoms with Gasteiger partial charge in [-0.2, -0.15) is 0 Å². The van der Waals surface area contributed by atoms with Crippen LogP contribution in [-0.2, 0) is 16.1 Å². The van der Waals surface area contributed by atoms with Crippen LogP contribution in [-0.4, -0.2) is 27.8 Å². The number of para-hydroxylation sites is 2. The maximum absolute atomic E-state index is 14.4. The number of benzene rings is 4. The molecule has 0 unspecified atom stereocenters. The second-order valence-electron chi connectivity index (χ2n) is 11.9. The highest BCUT2D eigenvalue weighted by molar-refractivity contribution is 7.07. The highest BCUT2D eigenvalue weighted by atomic mass is 32.1. The molecule has 8 heteroatoms. The van der Waals surface area contributed by atoms with E-state index in [1.807, 2.05) is 56.3 Å². The van der Waals surface area contributed by atoms with Crippen molar-refractivity contribution in [2.24, 2.45) is 4.99 Å². The van der Waals surface area contributed by atoms with Crippen molar-refractivity contribution in [3.8, 4) is 5.75 Å². The summed E-state index contributed by atoms with van der Waals surface area (Å²) in [5, 5.41) is 3.47. The number of fused-ring (bicyclic) bond motifs is 3. The number of hydrogen-bond donors (Lipinski definition) is 0. The molecule has 236 valence electrons. The van der Waals surface area contributed by atoms with E-state index in [0.717, 1.165) is 16.5 Å². The molecular formula is C39H35N3O4S. The molecule has 1 aliphatic rings. The van der Waals surface area contributed by atoms with E-state index in [0.29, 0.717) is 38.5 Å². The summed E-state index contributed by atoms with van der Waals surface area (Å²) in [5.41, 5.74) is 4.57. The number of hydrogen-bond acceptors (Lipinski definition) is 6. The molecule has 7 rings (SSSR count). The molecule has 1 aliphatic heterocycles. The normalized spacial score (nSPS) is 14.9. The van der Waals surface area contributed by atoms with Gasteiger partial charge in [0.25, 0.3) is 5.56 Å². The first kappa shape index (κ1) is 30.4. The van der Waals surface area contributed by atoms with Crippen LogP contribution in [0.1, 0.15) is 50.4 Å². The van der Waals surface area contributed by atoms with Crippen molar-refractivity contribution in [3.63, 3.8) is 0 Å². The summed E-state index contributed by atoms with van der Waals surface area (Å²) in [5.74, 6) is 0.110. The first-order chi connectivity index (χ1) is 22.8. The van der Waals surface area contributed by atoms with Crippen molar-refractivity contribution in [1.82, 2.24) is 9.13 Å². The zero-order chi connectivity index (χ0) is 32.7. The average molecular weight is 642 g/mol. The van der Waals surface area contributed by atoms with Crippen molar-refractivity contribution in [2.75, 3.05) is 6.61 Å². The van der Waals surface area contributed by atoms with Crippen LogP contribution in [0.5, 0.6) is 5.75 Å². The van der Waals surface area contributed by atoms with Gasteiger partial charge in [0.05, 0.1) is 28.5 Å². The van der Waals surface area contributed by atoms with Gasteiger partial charge in [-0.25, -0.2) is 9.79 Å². The minimum atomic E-state index is -0.755. The number of nitrogens with zero attached hydrogens (tertiary/aromatic N) is 3. The van der Waals surface area contributed by atoms with Crippen LogP contribution in [0.3, 0.4) is 0 Å². The third kappa shape index (κ3) is 5.59. The van der Waals surface area contributed by atoms with Crippen LogP contribution in [0.15, 0.2) is 118 Å². The van der Waals surface area contributed by atoms with Gasteiger partial charge in [-0.3, -0.25) is 9.36 Å². The van der Waals surface area contributed by atoms with Gasteiger partial charge >= 0.3 is 5.97 Å². The Bertz CT molecular complexity index is 2370. The summed E-state index contributed by atoms with van der Waals surface area (Å²) in [4.78, 5) is 33.1. The summed E-state index contributed by atoms with van der Waals surface area (Å²) < 4.78 is 16.1. The Morgan fingerprint density at radius 1 is 0.957 bits per heavy atom. The number of esters is 1. The van der Waals surface area contributed by atoms with E-state index < -0.39 is 12.0 Å². The third-order valence-electron chi connectivity index (χ3n) is 8.42. The highest BCUT2D eigenvalue weighted by Gasteiger charge is 2.35. The minimum Gasteiger partial charge on any atom is -0.491 e. The number of carbonyl (C=O) groups excluding carboxylic acids is 1. The van der Waals surface area contributed by atoms with E-state index in [1.54, 1.807) is 18.4 Å². The fourth-order valence-electron chi connectivity index (χ4n) is 6.43. The number of thiazole rings is 1. The summed E-state index contributed by atoms with van der Waals surface area (Å²) in [7, 11) is 0. The molecular weight excluding hydrogens is 607 g/mol. The first-order valence-corrected chi connectivity index (χ1v) is 16.7. The number of rotatable bonds is 8. The van der Waals surface area contributed by atoms with Crippen molar-refractivity contribution in [3.05, 3.63) is 145 Å². The van der Waals surface area contributed by atoms with Gasteiger partial charge < -0.3 is 14.0 Å². The lowest BCUT2D eigenvalue weighted by molar-refractivity contribution is -0.139. The van der Waals surface area contributed by atoms with E-state index in [1.165, 1.54) is 27.7 Å². The zero-order valence-corrected chi connectivity index (χ0v) is 27.6. The second kappa shape index (κ2) is 12.5. The summed E-state index contributed by atoms with van der Waals surface area (Å²) in [6.07, 6.45) is 3.96. The molecule has 2 aromatic heterocycles. The lowest BCUT2D eigenvalue weighted by Gasteiger charge is -2.26. The number of aromatic nitrogens is 2. The lowest BCUT2D eigenvalue weighted by Crippen LogP contribution is -2.40. The van der Waals surface area contributed by atoms with Gasteiger partial charge in [0.2, 0.25) is 0 Å². The van der Waals surface area contributed by atoms with Gasteiger partial charge in [0.15, 0.2) is 4.80 Å². The standard InChI is InChI=1S/C39H35N3O4S/c1-5-45-38(44)35-25(4)40-39-42(36(35)31-18-9-11-20-33(31)46-24(2)3)37(43)34(47-39)21-28-23-41(32-19-10-8-17-30(28)32)22-27-15-12-14-26-13-6-7-16-29(26)27/h6-21,23-24,36H,5,22H2,1-4H3/b34-21-/t36-/m0/s1. The number of ether oxygens (including phenoxy) is 2. The van der Waals surface area contributed by atoms with Crippen LogP contribution in [0.25, 0.3) is 27.8 Å². The van der Waals surface area contributed by atoms with Crippen LogP contribution in [0.4, 0.5) is 0 Å². The molecule has 1 atom stereocenters. The zero-order valence-electron chi connectivity index (χ0n) is 26.8. The van der Waals surface area contributed by atoms with Gasteiger partial charge in [0.1, 0.15) is 11.8 Å². The fourth-order valence-corrected chi connectivity index (χ4v) is 7.47. The average Bonchev–Trinajstić information content (AvgIpc) is 3.56. The minimum absolute atomic E-state index is 0.102. The number of carbonyl (C=O) groups is 1. The summed E-state index contributed by atoms with van der Waals surface area (Å²) >= 11 is 1.32. The predicted molar refractivity (Wildman–Crippen MR) is 188 cm³/mol. The predicted octanol–water partition coefficient (Wildman–Crippen LogP) is 6.74. The Balaban J connectivity index is 1.39. The van der Waals surface area contributed by atoms with E-state index in [2.05, 4.69) is 65.4 Å². The van der Waals surface area contributed by atoms with Crippen LogP contribution in [0.2, 0.25) is 0 Å². The van der Waals surface area contributed by atoms with Gasteiger partial charge in [-0.15, -0.1) is 0 Å². The molecule has 0 N–H and O–H groups in total. The molecule has 7 nitrogen and oxygen atoms in total. The fraction of sp³-hybridized carbons (Fsp3) is 0.205. The Hall–Kier alpha value is -5.21. The van der Waals surface area contributed by atoms with Crippen LogP contribution in [0, 0.1) is 0 Å². The molecule has 6 aromatic rings. The lowest BCUT2D eigenvalue weighted by atomic mass is 9.95. The maximum Gasteiger partial charge on any atom is 0.338 e. The number of allylic oxidation sites excluding steroid dienone is 1. The second-order valence-corrected chi connectivity index (χ2v) is 12.9. The quantitative estimate of drug-likeness (QED) is 0.173. The van der Waals surface area contributed by atoms with Gasteiger partial charge in [-0.05, 0) is 62.2 Å². The van der Waals surface area contributed by atoms with Crippen molar-refractivity contribution >= 4 is 45.1 Å². The third-order valence-corrected chi connectivity index (χ3v) is 9.40.